The number of halogens is 1. The fourth-order valence-electron chi connectivity index (χ4n) is 1.59. The summed E-state index contributed by atoms with van der Waals surface area (Å²) in [4.78, 5) is 11.8. The fraction of sp³-hybridized carbons (Fsp3) is 0.462. The molecule has 0 aliphatic carbocycles. The minimum Gasteiger partial charge on any atom is -0.398 e. The summed E-state index contributed by atoms with van der Waals surface area (Å²) >= 11 is 5.77. The first-order valence-electron chi connectivity index (χ1n) is 5.97. The molecule has 0 unspecified atom stereocenters. The number of unbranched alkanes of at least 4 members (excludes halogenated alkanes) is 2. The molecule has 0 aliphatic rings. The molecular weight excluding hydrogens is 252 g/mol. The van der Waals surface area contributed by atoms with Crippen LogP contribution in [0.15, 0.2) is 18.2 Å². The van der Waals surface area contributed by atoms with Crippen LogP contribution in [0, 0.1) is 0 Å². The molecule has 1 rings (SSSR count). The van der Waals surface area contributed by atoms with Gasteiger partial charge in [-0.1, -0.05) is 11.6 Å². The number of methoxy groups -OCH3 is 1. The van der Waals surface area contributed by atoms with Gasteiger partial charge < -0.3 is 15.8 Å². The van der Waals surface area contributed by atoms with E-state index < -0.39 is 0 Å². The van der Waals surface area contributed by atoms with Crippen molar-refractivity contribution in [2.75, 3.05) is 26.0 Å². The van der Waals surface area contributed by atoms with Crippen LogP contribution in [0.1, 0.15) is 29.6 Å². The quantitative estimate of drug-likeness (QED) is 0.591. The second kappa shape index (κ2) is 7.95. The molecule has 1 aromatic carbocycles. The lowest BCUT2D eigenvalue weighted by molar-refractivity contribution is 0.0953. The Hall–Kier alpha value is -1.26. The van der Waals surface area contributed by atoms with Crippen molar-refractivity contribution in [1.82, 2.24) is 5.32 Å². The van der Waals surface area contributed by atoms with Gasteiger partial charge in [0.1, 0.15) is 0 Å². The van der Waals surface area contributed by atoms with E-state index in [0.717, 1.165) is 25.9 Å². The van der Waals surface area contributed by atoms with E-state index >= 15 is 0 Å². The number of hydrogen-bond donors (Lipinski definition) is 2. The Labute approximate surface area is 112 Å². The topological polar surface area (TPSA) is 64.3 Å². The van der Waals surface area contributed by atoms with Crippen LogP contribution in [0.5, 0.6) is 0 Å². The van der Waals surface area contributed by atoms with Gasteiger partial charge in [0.25, 0.3) is 5.91 Å². The number of ether oxygens (including phenoxy) is 1. The van der Waals surface area contributed by atoms with Gasteiger partial charge in [-0.3, -0.25) is 4.79 Å². The molecule has 0 aromatic heterocycles. The molecule has 0 aliphatic heterocycles. The molecule has 18 heavy (non-hydrogen) atoms. The zero-order valence-electron chi connectivity index (χ0n) is 10.5. The number of benzene rings is 1. The Bertz CT molecular complexity index is 397. The van der Waals surface area contributed by atoms with Gasteiger partial charge in [-0.05, 0) is 37.5 Å². The van der Waals surface area contributed by atoms with Crippen LogP contribution < -0.4 is 11.1 Å². The fourth-order valence-corrected chi connectivity index (χ4v) is 1.77. The second-order valence-electron chi connectivity index (χ2n) is 4.04. The second-order valence-corrected chi connectivity index (χ2v) is 4.48. The van der Waals surface area contributed by atoms with E-state index in [4.69, 9.17) is 22.1 Å². The average molecular weight is 271 g/mol. The standard InChI is InChI=1S/C13H19ClN2O2/c1-18-8-4-2-3-7-16-13(17)11-6-5-10(14)9-12(11)15/h5-6,9H,2-4,7-8,15H2,1H3,(H,16,17). The smallest absolute Gasteiger partial charge is 0.253 e. The summed E-state index contributed by atoms with van der Waals surface area (Å²) in [7, 11) is 1.69. The van der Waals surface area contributed by atoms with E-state index in [9.17, 15) is 4.79 Å². The van der Waals surface area contributed by atoms with E-state index in [-0.39, 0.29) is 5.91 Å². The lowest BCUT2D eigenvalue weighted by Gasteiger charge is -2.07. The molecule has 0 atom stereocenters. The monoisotopic (exact) mass is 270 g/mol. The first-order valence-corrected chi connectivity index (χ1v) is 6.35. The van der Waals surface area contributed by atoms with Crippen molar-refractivity contribution >= 4 is 23.2 Å². The maximum absolute atomic E-state index is 11.8. The van der Waals surface area contributed by atoms with E-state index in [2.05, 4.69) is 5.32 Å². The summed E-state index contributed by atoms with van der Waals surface area (Å²) in [5, 5.41) is 3.36. The van der Waals surface area contributed by atoms with Gasteiger partial charge >= 0.3 is 0 Å². The molecule has 3 N–H and O–H groups in total. The van der Waals surface area contributed by atoms with Crippen molar-refractivity contribution in [2.24, 2.45) is 0 Å². The number of nitrogen functional groups attached to an aromatic ring is 1. The van der Waals surface area contributed by atoms with Gasteiger partial charge in [-0.2, -0.15) is 0 Å². The Balaban J connectivity index is 2.32. The van der Waals surface area contributed by atoms with Gasteiger partial charge in [0, 0.05) is 31.0 Å². The van der Waals surface area contributed by atoms with Crippen LogP contribution in [0.4, 0.5) is 5.69 Å². The van der Waals surface area contributed by atoms with Gasteiger partial charge in [-0.15, -0.1) is 0 Å². The van der Waals surface area contributed by atoms with Gasteiger partial charge in [-0.25, -0.2) is 0 Å². The third-order valence-corrected chi connectivity index (χ3v) is 2.80. The Morgan fingerprint density at radius 1 is 1.39 bits per heavy atom. The molecule has 0 radical (unpaired) electrons. The van der Waals surface area contributed by atoms with Gasteiger partial charge in [0.15, 0.2) is 0 Å². The highest BCUT2D eigenvalue weighted by atomic mass is 35.5. The van der Waals surface area contributed by atoms with Gasteiger partial charge in [0.05, 0.1) is 5.56 Å². The Kier molecular flexibility index (Phi) is 6.54. The van der Waals surface area contributed by atoms with Crippen LogP contribution in [-0.2, 0) is 4.74 Å². The number of rotatable bonds is 7. The molecule has 0 spiro atoms. The molecule has 1 amide bonds. The number of amides is 1. The first kappa shape index (κ1) is 14.8. The third-order valence-electron chi connectivity index (χ3n) is 2.57. The molecule has 0 bridgehead atoms. The highest BCUT2D eigenvalue weighted by Crippen LogP contribution is 2.17. The molecule has 100 valence electrons. The molecule has 5 heteroatoms. The summed E-state index contributed by atoms with van der Waals surface area (Å²) < 4.78 is 4.95. The van der Waals surface area contributed by atoms with Crippen molar-refractivity contribution in [3.05, 3.63) is 28.8 Å². The molecule has 4 nitrogen and oxygen atoms in total. The van der Waals surface area contributed by atoms with E-state index in [0.29, 0.717) is 22.8 Å². The molecular formula is C13H19ClN2O2. The zero-order chi connectivity index (χ0) is 13.4. The number of nitrogens with one attached hydrogen (secondary N) is 1. The Morgan fingerprint density at radius 2 is 2.17 bits per heavy atom. The van der Waals surface area contributed by atoms with Crippen LogP contribution in [0.25, 0.3) is 0 Å². The SMILES string of the molecule is COCCCCCNC(=O)c1ccc(Cl)cc1N. The number of carbonyl (C=O) groups excluding carboxylic acids is 1. The van der Waals surface area contributed by atoms with Gasteiger partial charge in [0.2, 0.25) is 0 Å². The summed E-state index contributed by atoms with van der Waals surface area (Å²) in [5.41, 5.74) is 6.60. The van der Waals surface area contributed by atoms with Crippen molar-refractivity contribution in [1.29, 1.82) is 0 Å². The normalized spacial score (nSPS) is 10.3. The lowest BCUT2D eigenvalue weighted by atomic mass is 10.1. The Morgan fingerprint density at radius 3 is 2.83 bits per heavy atom. The average Bonchev–Trinajstić information content (AvgIpc) is 2.33. The van der Waals surface area contributed by atoms with E-state index in [1.165, 1.54) is 0 Å². The van der Waals surface area contributed by atoms with Crippen molar-refractivity contribution in [3.8, 4) is 0 Å². The van der Waals surface area contributed by atoms with Crippen LogP contribution in [-0.4, -0.2) is 26.2 Å². The van der Waals surface area contributed by atoms with Crippen LogP contribution >= 0.6 is 11.6 Å². The van der Waals surface area contributed by atoms with E-state index in [1.807, 2.05) is 0 Å². The van der Waals surface area contributed by atoms with E-state index in [1.54, 1.807) is 25.3 Å². The maximum atomic E-state index is 11.8. The predicted octanol–water partition coefficient (Wildman–Crippen LogP) is 2.47. The molecule has 1 aromatic rings. The summed E-state index contributed by atoms with van der Waals surface area (Å²) in [6.07, 6.45) is 2.97. The number of anilines is 1. The molecule has 0 heterocycles. The number of nitrogens with two attached hydrogens (primary N) is 1. The summed E-state index contributed by atoms with van der Waals surface area (Å²) in [5.74, 6) is -0.157. The largest absolute Gasteiger partial charge is 0.398 e. The first-order chi connectivity index (χ1) is 8.65. The summed E-state index contributed by atoms with van der Waals surface area (Å²) in [6.45, 7) is 1.41. The predicted molar refractivity (Wildman–Crippen MR) is 73.9 cm³/mol. The minimum absolute atomic E-state index is 0.157. The molecule has 0 saturated heterocycles. The van der Waals surface area contributed by atoms with Crippen molar-refractivity contribution < 1.29 is 9.53 Å². The minimum atomic E-state index is -0.157. The maximum Gasteiger partial charge on any atom is 0.253 e. The third kappa shape index (κ3) is 4.94. The highest BCUT2D eigenvalue weighted by molar-refractivity contribution is 6.31. The van der Waals surface area contributed by atoms with Crippen molar-refractivity contribution in [2.45, 2.75) is 19.3 Å². The molecule has 0 saturated carbocycles. The van der Waals surface area contributed by atoms with Crippen LogP contribution in [0.3, 0.4) is 0 Å². The highest BCUT2D eigenvalue weighted by Gasteiger charge is 2.08. The number of carbonyl (C=O) groups is 1. The zero-order valence-corrected chi connectivity index (χ0v) is 11.3. The van der Waals surface area contributed by atoms with Crippen LogP contribution in [0.2, 0.25) is 5.02 Å². The van der Waals surface area contributed by atoms with Crippen molar-refractivity contribution in [3.63, 3.8) is 0 Å². The number of hydrogen-bond acceptors (Lipinski definition) is 3. The molecule has 0 fully saturated rings. The lowest BCUT2D eigenvalue weighted by Crippen LogP contribution is -2.25. The summed E-state index contributed by atoms with van der Waals surface area (Å²) in [6, 6.07) is 4.87.